The van der Waals surface area contributed by atoms with Crippen LogP contribution in [-0.4, -0.2) is 88.2 Å². The van der Waals surface area contributed by atoms with Gasteiger partial charge in [0.2, 0.25) is 0 Å². The Balaban J connectivity index is 1.87. The van der Waals surface area contributed by atoms with Crippen molar-refractivity contribution in [2.45, 2.75) is 135 Å². The minimum Gasteiger partial charge on any atom is -0.457 e. The summed E-state index contributed by atoms with van der Waals surface area (Å²) in [6.07, 6.45) is 6.44. The van der Waals surface area contributed by atoms with Gasteiger partial charge in [0.1, 0.15) is 23.9 Å². The van der Waals surface area contributed by atoms with Crippen molar-refractivity contribution in [2.24, 2.45) is 11.8 Å². The van der Waals surface area contributed by atoms with E-state index in [9.17, 15) is 24.9 Å². The highest BCUT2D eigenvalue weighted by Gasteiger charge is 2.54. The number of aliphatic hydroxyl groups is 3. The summed E-state index contributed by atoms with van der Waals surface area (Å²) in [5.74, 6) is -1.36. The molecule has 0 spiro atoms. The lowest BCUT2D eigenvalue weighted by molar-refractivity contribution is -0.157. The molecule has 2 heterocycles. The van der Waals surface area contributed by atoms with Crippen molar-refractivity contribution >= 4 is 27.9 Å². The van der Waals surface area contributed by atoms with Crippen LogP contribution in [0.1, 0.15) is 79.7 Å². The van der Waals surface area contributed by atoms with E-state index in [1.165, 1.54) is 6.92 Å². The largest absolute Gasteiger partial charge is 0.457 e. The summed E-state index contributed by atoms with van der Waals surface area (Å²) in [5, 5.41) is 37.0. The number of benzene rings is 1. The minimum absolute atomic E-state index is 0.0365. The van der Waals surface area contributed by atoms with E-state index in [0.29, 0.717) is 12.1 Å². The molecule has 0 amide bonds. The zero-order chi connectivity index (χ0) is 36.5. The van der Waals surface area contributed by atoms with E-state index in [2.05, 4.69) is 35.1 Å². The highest BCUT2D eigenvalue weighted by Crippen LogP contribution is 2.39. The molecule has 0 saturated carbocycles. The fraction of sp³-hybridized carbons (Fsp3) is 0.632. The molecule has 3 rings (SSSR count). The third-order valence-corrected chi connectivity index (χ3v) is 10.2. The molecule has 0 aliphatic carbocycles. The number of rotatable bonds is 13. The molecule has 2 aliphatic heterocycles. The molecule has 1 aromatic carbocycles. The number of aliphatic hydroxyl groups excluding tert-OH is 1. The van der Waals surface area contributed by atoms with Gasteiger partial charge in [0.25, 0.3) is 0 Å². The first kappa shape index (κ1) is 41.0. The number of nitrogens with one attached hydrogen (secondary N) is 1. The second-order valence-corrected chi connectivity index (χ2v) is 14.9. The molecule has 2 aliphatic rings. The van der Waals surface area contributed by atoms with Gasteiger partial charge in [-0.25, -0.2) is 0 Å². The summed E-state index contributed by atoms with van der Waals surface area (Å²) in [4.78, 5) is 24.7. The molecule has 4 N–H and O–H groups in total. The van der Waals surface area contributed by atoms with E-state index >= 15 is 0 Å². The summed E-state index contributed by atoms with van der Waals surface area (Å²) in [6.45, 7) is 12.9. The topological polar surface area (TPSA) is 147 Å². The maximum atomic E-state index is 12.9. The van der Waals surface area contributed by atoms with Crippen molar-refractivity contribution in [2.75, 3.05) is 7.11 Å². The zero-order valence-corrected chi connectivity index (χ0v) is 31.7. The number of epoxide rings is 1. The smallest absolute Gasteiger partial charge is 0.309 e. The van der Waals surface area contributed by atoms with E-state index < -0.39 is 47.5 Å². The van der Waals surface area contributed by atoms with Gasteiger partial charge in [0, 0.05) is 36.9 Å². The molecule has 0 radical (unpaired) electrons. The summed E-state index contributed by atoms with van der Waals surface area (Å²) >= 11 is 3.48. The maximum Gasteiger partial charge on any atom is 0.309 e. The highest BCUT2D eigenvalue weighted by atomic mass is 79.9. The van der Waals surface area contributed by atoms with Crippen LogP contribution < -0.4 is 5.32 Å². The zero-order valence-electron chi connectivity index (χ0n) is 30.1. The van der Waals surface area contributed by atoms with E-state index in [-0.39, 0.29) is 49.4 Å². The van der Waals surface area contributed by atoms with E-state index in [1.807, 2.05) is 38.1 Å². The van der Waals surface area contributed by atoms with Crippen molar-refractivity contribution in [3.05, 3.63) is 70.3 Å². The number of allylic oxidation sites excluding steroid dienone is 2. The van der Waals surface area contributed by atoms with E-state index in [4.69, 9.17) is 18.9 Å². The second-order valence-electron chi connectivity index (χ2n) is 14.0. The first-order valence-electron chi connectivity index (χ1n) is 17.2. The predicted octanol–water partition coefficient (Wildman–Crippen LogP) is 5.32. The summed E-state index contributed by atoms with van der Waals surface area (Å²) in [7, 11) is 1.71. The molecular formula is C38H56BrNO9. The van der Waals surface area contributed by atoms with Crippen LogP contribution in [0.3, 0.4) is 0 Å². The van der Waals surface area contributed by atoms with Crippen LogP contribution in [0.4, 0.5) is 0 Å². The second kappa shape index (κ2) is 18.2. The Kier molecular flexibility index (Phi) is 15.3. The summed E-state index contributed by atoms with van der Waals surface area (Å²) < 4.78 is 24.1. The van der Waals surface area contributed by atoms with Gasteiger partial charge < -0.3 is 39.6 Å². The molecule has 11 atom stereocenters. The number of methoxy groups -OCH3 is 1. The molecule has 49 heavy (non-hydrogen) atoms. The van der Waals surface area contributed by atoms with Crippen LogP contribution in [-0.2, 0) is 35.1 Å². The van der Waals surface area contributed by atoms with Gasteiger partial charge >= 0.3 is 11.9 Å². The standard InChI is InChI=1S/C38H56BrNO9/c1-9-30(46-8)25(4)34-35(49-34)36(40-22-27-13-15-28(39)16-14-27)38(7,45)19-10-11-23(2)33-24(3)12-17-31(47-26(5)41)37(6,44)20-18-29(42)21-32(43)48-33/h10-17,19,24-25,29-31,33-36,40,42,44-45H,9,18,20-22H2,1-8H3/b17-12+,19-10+,23-11+/t24-,25+,29+,30-,31-,33?,34+,35-,36?,37+,38?/m0/s1. The molecular weight excluding hydrogens is 694 g/mol. The molecule has 0 aromatic heterocycles. The quantitative estimate of drug-likeness (QED) is 0.0905. The molecule has 274 valence electrons. The van der Waals surface area contributed by atoms with Crippen LogP contribution in [0.2, 0.25) is 0 Å². The fourth-order valence-electron chi connectivity index (χ4n) is 6.50. The number of cyclic esters (lactones) is 1. The molecule has 1 fully saturated rings. The van der Waals surface area contributed by atoms with Crippen molar-refractivity contribution in [1.82, 2.24) is 5.32 Å². The number of carbonyl (C=O) groups excluding carboxylic acids is 2. The SMILES string of the molecule is CC[C@H](OC)[C@@H](C)[C@H]1O[C@@H]1C(NCc1ccc(Br)cc1)C(C)(O)/C=C/C=C(\C)C1OC(=O)C[C@H](O)CC[C@@](C)(O)[C@@H](OC(C)=O)/C=C/[C@@H]1C. The molecule has 0 bridgehead atoms. The van der Waals surface area contributed by atoms with Crippen molar-refractivity contribution < 1.29 is 43.9 Å². The molecule has 11 heteroatoms. The van der Waals surface area contributed by atoms with Crippen LogP contribution >= 0.6 is 15.9 Å². The summed E-state index contributed by atoms with van der Waals surface area (Å²) in [6, 6.07) is 7.55. The van der Waals surface area contributed by atoms with Crippen molar-refractivity contribution in [3.63, 3.8) is 0 Å². The van der Waals surface area contributed by atoms with Crippen LogP contribution in [0.15, 0.2) is 64.7 Å². The Bertz CT molecular complexity index is 1320. The van der Waals surface area contributed by atoms with Crippen LogP contribution in [0.25, 0.3) is 0 Å². The van der Waals surface area contributed by atoms with E-state index in [0.717, 1.165) is 16.5 Å². The first-order chi connectivity index (χ1) is 23.0. The Morgan fingerprint density at radius 1 is 1.22 bits per heavy atom. The van der Waals surface area contributed by atoms with Crippen molar-refractivity contribution in [3.8, 4) is 0 Å². The third-order valence-electron chi connectivity index (χ3n) is 9.63. The fourth-order valence-corrected chi connectivity index (χ4v) is 6.76. The number of ether oxygens (including phenoxy) is 4. The van der Waals surface area contributed by atoms with Gasteiger partial charge in [0.15, 0.2) is 0 Å². The lowest BCUT2D eigenvalue weighted by Crippen LogP contribution is -2.52. The van der Waals surface area contributed by atoms with Crippen LogP contribution in [0.5, 0.6) is 0 Å². The molecule has 3 unspecified atom stereocenters. The number of hydrogen-bond donors (Lipinski definition) is 4. The maximum absolute atomic E-state index is 12.9. The summed E-state index contributed by atoms with van der Waals surface area (Å²) in [5.41, 5.74) is -1.03. The Hall–Kier alpha value is -2.38. The number of halogens is 1. The minimum atomic E-state index is -1.45. The third kappa shape index (κ3) is 12.1. The monoisotopic (exact) mass is 749 g/mol. The van der Waals surface area contributed by atoms with Gasteiger partial charge in [-0.05, 0) is 69.4 Å². The first-order valence-corrected chi connectivity index (χ1v) is 18.0. The van der Waals surface area contributed by atoms with E-state index in [1.54, 1.807) is 51.3 Å². The molecule has 1 saturated heterocycles. The van der Waals surface area contributed by atoms with Gasteiger partial charge in [-0.15, -0.1) is 0 Å². The van der Waals surface area contributed by atoms with Gasteiger partial charge in [-0.2, -0.15) is 0 Å². The Morgan fingerprint density at radius 3 is 2.51 bits per heavy atom. The Labute approximate surface area is 300 Å². The number of carbonyl (C=O) groups is 2. The average molecular weight is 751 g/mol. The lowest BCUT2D eigenvalue weighted by Gasteiger charge is -2.32. The van der Waals surface area contributed by atoms with Gasteiger partial charge in [0.05, 0.1) is 36.4 Å². The Morgan fingerprint density at radius 2 is 1.90 bits per heavy atom. The van der Waals surface area contributed by atoms with Crippen LogP contribution in [0, 0.1) is 11.8 Å². The number of esters is 2. The molecule has 10 nitrogen and oxygen atoms in total. The molecule has 1 aromatic rings. The van der Waals surface area contributed by atoms with Gasteiger partial charge in [-0.1, -0.05) is 73.1 Å². The lowest BCUT2D eigenvalue weighted by atomic mass is 9.87. The predicted molar refractivity (Wildman–Crippen MR) is 191 cm³/mol. The normalized spacial score (nSPS) is 32.2. The van der Waals surface area contributed by atoms with Gasteiger partial charge in [-0.3, -0.25) is 9.59 Å². The van der Waals surface area contributed by atoms with Crippen molar-refractivity contribution in [1.29, 1.82) is 0 Å². The average Bonchev–Trinajstić information content (AvgIpc) is 3.81. The highest BCUT2D eigenvalue weighted by molar-refractivity contribution is 9.10. The number of hydrogen-bond acceptors (Lipinski definition) is 10.